The van der Waals surface area contributed by atoms with E-state index in [1.807, 2.05) is 38.1 Å². The molecule has 1 atom stereocenters. The van der Waals surface area contributed by atoms with Crippen molar-refractivity contribution in [1.29, 1.82) is 0 Å². The highest BCUT2D eigenvalue weighted by atomic mass is 19.1. The maximum Gasteiger partial charge on any atom is 0.123 e. The molecule has 0 saturated heterocycles. The van der Waals surface area contributed by atoms with Gasteiger partial charge in [0.2, 0.25) is 0 Å². The van der Waals surface area contributed by atoms with Crippen LogP contribution in [-0.4, -0.2) is 5.11 Å². The van der Waals surface area contributed by atoms with Crippen molar-refractivity contribution in [3.05, 3.63) is 70.5 Å². The van der Waals surface area contributed by atoms with Crippen LogP contribution in [0.15, 0.2) is 42.5 Å². The van der Waals surface area contributed by atoms with E-state index in [0.29, 0.717) is 6.42 Å². The van der Waals surface area contributed by atoms with Crippen molar-refractivity contribution in [3.63, 3.8) is 0 Å². The molecule has 0 amide bonds. The fourth-order valence-electron chi connectivity index (χ4n) is 2.31. The topological polar surface area (TPSA) is 20.2 Å². The molecule has 2 aromatic rings. The average molecular weight is 258 g/mol. The van der Waals surface area contributed by atoms with Crippen molar-refractivity contribution in [1.82, 2.24) is 0 Å². The monoisotopic (exact) mass is 258 g/mol. The minimum Gasteiger partial charge on any atom is -0.385 e. The minimum atomic E-state index is -0.950. The molecule has 1 nitrogen and oxygen atoms in total. The number of rotatable bonds is 3. The fourth-order valence-corrected chi connectivity index (χ4v) is 2.31. The molecule has 19 heavy (non-hydrogen) atoms. The van der Waals surface area contributed by atoms with Crippen LogP contribution in [0.2, 0.25) is 0 Å². The van der Waals surface area contributed by atoms with Crippen LogP contribution in [0.5, 0.6) is 0 Å². The molecule has 1 N–H and O–H groups in total. The summed E-state index contributed by atoms with van der Waals surface area (Å²) >= 11 is 0. The number of hydrogen-bond donors (Lipinski definition) is 1. The Labute approximate surface area is 113 Å². The highest BCUT2D eigenvalue weighted by molar-refractivity contribution is 5.32. The molecule has 2 aromatic carbocycles. The van der Waals surface area contributed by atoms with Gasteiger partial charge in [-0.25, -0.2) is 4.39 Å². The zero-order chi connectivity index (χ0) is 14.0. The van der Waals surface area contributed by atoms with Gasteiger partial charge >= 0.3 is 0 Å². The van der Waals surface area contributed by atoms with Crippen LogP contribution in [-0.2, 0) is 12.0 Å². The molecule has 0 bridgehead atoms. The fraction of sp³-hybridized carbons (Fsp3) is 0.294. The van der Waals surface area contributed by atoms with Gasteiger partial charge in [-0.1, -0.05) is 35.9 Å². The lowest BCUT2D eigenvalue weighted by molar-refractivity contribution is 0.0574. The van der Waals surface area contributed by atoms with Gasteiger partial charge in [-0.2, -0.15) is 0 Å². The summed E-state index contributed by atoms with van der Waals surface area (Å²) in [5, 5.41) is 10.7. The number of aryl methyl sites for hydroxylation is 2. The van der Waals surface area contributed by atoms with Gasteiger partial charge in [-0.15, -0.1) is 0 Å². The zero-order valence-electron chi connectivity index (χ0n) is 11.6. The number of benzene rings is 2. The van der Waals surface area contributed by atoms with Gasteiger partial charge in [0.1, 0.15) is 5.82 Å². The predicted molar refractivity (Wildman–Crippen MR) is 75.6 cm³/mol. The van der Waals surface area contributed by atoms with Crippen molar-refractivity contribution in [2.75, 3.05) is 0 Å². The van der Waals surface area contributed by atoms with Crippen LogP contribution in [0.3, 0.4) is 0 Å². The molecule has 0 aliphatic rings. The molecule has 0 aromatic heterocycles. The van der Waals surface area contributed by atoms with Crippen molar-refractivity contribution in [2.45, 2.75) is 32.8 Å². The Hall–Kier alpha value is -1.67. The summed E-state index contributed by atoms with van der Waals surface area (Å²) in [6.45, 7) is 5.66. The summed E-state index contributed by atoms with van der Waals surface area (Å²) in [5.41, 5.74) is 2.89. The zero-order valence-corrected chi connectivity index (χ0v) is 11.6. The van der Waals surface area contributed by atoms with Gasteiger partial charge in [-0.05, 0) is 49.6 Å². The van der Waals surface area contributed by atoms with Gasteiger partial charge in [0.25, 0.3) is 0 Å². The van der Waals surface area contributed by atoms with Gasteiger partial charge in [0.15, 0.2) is 0 Å². The van der Waals surface area contributed by atoms with Crippen LogP contribution in [0, 0.1) is 19.7 Å². The first-order valence-corrected chi connectivity index (χ1v) is 6.43. The lowest BCUT2D eigenvalue weighted by atomic mass is 9.87. The minimum absolute atomic E-state index is 0.239. The molecule has 0 aliphatic heterocycles. The van der Waals surface area contributed by atoms with Crippen LogP contribution < -0.4 is 0 Å². The number of hydrogen-bond acceptors (Lipinski definition) is 1. The third-order valence-corrected chi connectivity index (χ3v) is 3.48. The smallest absolute Gasteiger partial charge is 0.123 e. The average Bonchev–Trinajstić information content (AvgIpc) is 2.33. The molecular formula is C17H19FO. The highest BCUT2D eigenvalue weighted by Crippen LogP contribution is 2.27. The number of aliphatic hydroxyl groups is 1. The second-order valence-corrected chi connectivity index (χ2v) is 5.39. The molecular weight excluding hydrogens is 239 g/mol. The molecule has 0 fully saturated rings. The van der Waals surface area contributed by atoms with Crippen LogP contribution in [0.1, 0.15) is 29.2 Å². The van der Waals surface area contributed by atoms with Crippen molar-refractivity contribution < 1.29 is 9.50 Å². The first-order valence-electron chi connectivity index (χ1n) is 6.43. The van der Waals surface area contributed by atoms with Crippen molar-refractivity contribution >= 4 is 0 Å². The Morgan fingerprint density at radius 3 is 2.47 bits per heavy atom. The quantitative estimate of drug-likeness (QED) is 0.885. The third-order valence-electron chi connectivity index (χ3n) is 3.48. The molecule has 0 aliphatic carbocycles. The van der Waals surface area contributed by atoms with E-state index in [-0.39, 0.29) is 5.82 Å². The standard InChI is InChI=1S/C17H19FO/c1-12-5-4-6-15(9-12)17(3,19)11-14-7-8-16(18)10-13(14)2/h4-10,19H,11H2,1-3H3. The van der Waals surface area contributed by atoms with Gasteiger partial charge in [0, 0.05) is 6.42 Å². The Bertz CT molecular complexity index is 588. The largest absolute Gasteiger partial charge is 0.385 e. The van der Waals surface area contributed by atoms with Crippen LogP contribution in [0.25, 0.3) is 0 Å². The summed E-state index contributed by atoms with van der Waals surface area (Å²) in [6, 6.07) is 12.5. The normalized spacial score (nSPS) is 14.2. The summed E-state index contributed by atoms with van der Waals surface area (Å²) in [5.74, 6) is -0.239. The van der Waals surface area contributed by atoms with E-state index in [2.05, 4.69) is 0 Å². The number of halogens is 1. The van der Waals surface area contributed by atoms with Gasteiger partial charge < -0.3 is 5.11 Å². The molecule has 1 unspecified atom stereocenters. The predicted octanol–water partition coefficient (Wildman–Crippen LogP) is 3.89. The lowest BCUT2D eigenvalue weighted by Crippen LogP contribution is -2.24. The van der Waals surface area contributed by atoms with E-state index < -0.39 is 5.60 Å². The lowest BCUT2D eigenvalue weighted by Gasteiger charge is -2.25. The van der Waals surface area contributed by atoms with E-state index in [4.69, 9.17) is 0 Å². The molecule has 0 saturated carbocycles. The Morgan fingerprint density at radius 1 is 1.11 bits per heavy atom. The summed E-state index contributed by atoms with van der Waals surface area (Å²) in [6.07, 6.45) is 0.475. The summed E-state index contributed by atoms with van der Waals surface area (Å²) in [7, 11) is 0. The molecule has 0 radical (unpaired) electrons. The molecule has 2 heteroatoms. The van der Waals surface area contributed by atoms with E-state index in [0.717, 1.165) is 22.3 Å². The maximum atomic E-state index is 13.1. The Morgan fingerprint density at radius 2 is 1.84 bits per heavy atom. The maximum absolute atomic E-state index is 13.1. The van der Waals surface area contributed by atoms with E-state index in [1.54, 1.807) is 13.0 Å². The van der Waals surface area contributed by atoms with Crippen LogP contribution >= 0.6 is 0 Å². The van der Waals surface area contributed by atoms with E-state index in [9.17, 15) is 9.50 Å². The van der Waals surface area contributed by atoms with Crippen LogP contribution in [0.4, 0.5) is 4.39 Å². The second-order valence-electron chi connectivity index (χ2n) is 5.39. The summed E-state index contributed by atoms with van der Waals surface area (Å²) in [4.78, 5) is 0. The Kier molecular flexibility index (Phi) is 3.72. The van der Waals surface area contributed by atoms with Gasteiger partial charge in [0.05, 0.1) is 5.60 Å². The van der Waals surface area contributed by atoms with Crippen molar-refractivity contribution in [3.8, 4) is 0 Å². The van der Waals surface area contributed by atoms with E-state index >= 15 is 0 Å². The third kappa shape index (κ3) is 3.21. The molecule has 0 spiro atoms. The van der Waals surface area contributed by atoms with Gasteiger partial charge in [-0.3, -0.25) is 0 Å². The molecule has 0 heterocycles. The SMILES string of the molecule is Cc1cccc(C(C)(O)Cc2ccc(F)cc2C)c1. The summed E-state index contributed by atoms with van der Waals surface area (Å²) < 4.78 is 13.1. The first-order chi connectivity index (χ1) is 8.88. The van der Waals surface area contributed by atoms with E-state index in [1.165, 1.54) is 12.1 Å². The molecule has 2 rings (SSSR count). The highest BCUT2D eigenvalue weighted by Gasteiger charge is 2.24. The Balaban J connectivity index is 2.30. The second kappa shape index (κ2) is 5.14. The molecule has 100 valence electrons. The van der Waals surface area contributed by atoms with Crippen molar-refractivity contribution in [2.24, 2.45) is 0 Å². The first kappa shape index (κ1) is 13.8.